The van der Waals surface area contributed by atoms with Crippen LogP contribution >= 0.6 is 23.4 Å². The number of rotatable bonds is 4. The van der Waals surface area contributed by atoms with E-state index in [4.69, 9.17) is 11.6 Å². The molecule has 2 heterocycles. The summed E-state index contributed by atoms with van der Waals surface area (Å²) < 4.78 is 13.6. The molecule has 3 N–H and O–H groups in total. The summed E-state index contributed by atoms with van der Waals surface area (Å²) in [5.41, 5.74) is 2.40. The van der Waals surface area contributed by atoms with E-state index in [1.165, 1.54) is 5.01 Å². The highest BCUT2D eigenvalue weighted by Gasteiger charge is 2.37. The first-order valence-electron chi connectivity index (χ1n) is 8.95. The molecule has 0 bridgehead atoms. The molecule has 6 nitrogen and oxygen atoms in total. The molecule has 3 rings (SSSR count). The Labute approximate surface area is 156 Å². The second-order valence-corrected chi connectivity index (χ2v) is 8.99. The van der Waals surface area contributed by atoms with Gasteiger partial charge in [0, 0.05) is 18.7 Å². The Morgan fingerprint density at radius 2 is 2.24 bits per heavy atom. The normalized spacial score (nSPS) is 39.5. The first-order chi connectivity index (χ1) is 11.9. The topological polar surface area (TPSA) is 73.5 Å². The van der Waals surface area contributed by atoms with Gasteiger partial charge in [-0.25, -0.2) is 9.82 Å². The van der Waals surface area contributed by atoms with Gasteiger partial charge in [0.05, 0.1) is 5.50 Å². The SMILES string of the molecule is CN1NC(C(=O)NC2NC(Cl)C(CC3CCCC(F)C3)S2)CCC1=O. The third-order valence-corrected chi connectivity index (χ3v) is 7.11. The number of nitrogens with one attached hydrogen (secondary N) is 3. The van der Waals surface area contributed by atoms with Gasteiger partial charge in [-0.1, -0.05) is 12.8 Å². The number of carbonyl (C=O) groups excluding carboxylic acids is 2. The Bertz CT molecular complexity index is 515. The van der Waals surface area contributed by atoms with E-state index in [2.05, 4.69) is 16.1 Å². The molecule has 3 aliphatic rings. The number of halogens is 2. The van der Waals surface area contributed by atoms with Crippen LogP contribution in [0.25, 0.3) is 0 Å². The average Bonchev–Trinajstić information content (AvgIpc) is 2.89. The fourth-order valence-electron chi connectivity index (χ4n) is 3.78. The van der Waals surface area contributed by atoms with E-state index in [1.54, 1.807) is 18.8 Å². The van der Waals surface area contributed by atoms with Crippen LogP contribution in [0.5, 0.6) is 0 Å². The summed E-state index contributed by atoms with van der Waals surface area (Å²) in [6.45, 7) is 0. The minimum Gasteiger partial charge on any atom is -0.330 e. The highest BCUT2D eigenvalue weighted by atomic mass is 35.5. The van der Waals surface area contributed by atoms with Crippen LogP contribution in [0.1, 0.15) is 44.9 Å². The number of amides is 2. The van der Waals surface area contributed by atoms with Gasteiger partial charge in [-0.2, -0.15) is 0 Å². The fraction of sp³-hybridized carbons (Fsp3) is 0.875. The largest absolute Gasteiger partial charge is 0.330 e. The lowest BCUT2D eigenvalue weighted by molar-refractivity contribution is -0.139. The quantitative estimate of drug-likeness (QED) is 0.501. The van der Waals surface area contributed by atoms with E-state index in [1.807, 2.05) is 0 Å². The van der Waals surface area contributed by atoms with Crippen LogP contribution < -0.4 is 16.1 Å². The second-order valence-electron chi connectivity index (χ2n) is 7.17. The van der Waals surface area contributed by atoms with Crippen molar-refractivity contribution in [3.63, 3.8) is 0 Å². The molecule has 142 valence electrons. The van der Waals surface area contributed by atoms with Crippen molar-refractivity contribution in [1.82, 2.24) is 21.1 Å². The maximum atomic E-state index is 13.6. The summed E-state index contributed by atoms with van der Waals surface area (Å²) in [7, 11) is 1.62. The van der Waals surface area contributed by atoms with Gasteiger partial charge in [0.1, 0.15) is 17.7 Å². The summed E-state index contributed by atoms with van der Waals surface area (Å²) in [5, 5.41) is 7.66. The summed E-state index contributed by atoms with van der Waals surface area (Å²) in [6.07, 6.45) is 4.36. The van der Waals surface area contributed by atoms with Crippen LogP contribution in [-0.2, 0) is 9.59 Å². The van der Waals surface area contributed by atoms with Crippen LogP contribution in [0.3, 0.4) is 0 Å². The molecule has 2 amide bonds. The summed E-state index contributed by atoms with van der Waals surface area (Å²) >= 11 is 8.00. The number of thioether (sulfide) groups is 1. The molecule has 0 radical (unpaired) electrons. The van der Waals surface area contributed by atoms with Crippen LogP contribution in [0.4, 0.5) is 4.39 Å². The Hall–Kier alpha value is -0.570. The molecule has 6 unspecified atom stereocenters. The van der Waals surface area contributed by atoms with Crippen molar-refractivity contribution in [1.29, 1.82) is 0 Å². The summed E-state index contributed by atoms with van der Waals surface area (Å²) in [5.74, 6) is 0.214. The number of hydrogen-bond donors (Lipinski definition) is 3. The second kappa shape index (κ2) is 8.41. The van der Waals surface area contributed by atoms with E-state index >= 15 is 0 Å². The van der Waals surface area contributed by atoms with Gasteiger partial charge in [-0.3, -0.25) is 19.9 Å². The first kappa shape index (κ1) is 19.2. The zero-order valence-electron chi connectivity index (χ0n) is 14.3. The van der Waals surface area contributed by atoms with Crippen molar-refractivity contribution in [3.05, 3.63) is 0 Å². The summed E-state index contributed by atoms with van der Waals surface area (Å²) in [6, 6.07) is -0.413. The Morgan fingerprint density at radius 3 is 2.96 bits per heavy atom. The van der Waals surface area contributed by atoms with Gasteiger partial charge in [0.25, 0.3) is 0 Å². The Morgan fingerprint density at radius 1 is 1.44 bits per heavy atom. The molecule has 1 aliphatic carbocycles. The van der Waals surface area contributed by atoms with Crippen LogP contribution in [0.15, 0.2) is 0 Å². The number of hydrogen-bond acceptors (Lipinski definition) is 5. The van der Waals surface area contributed by atoms with Gasteiger partial charge in [-0.15, -0.1) is 23.4 Å². The van der Waals surface area contributed by atoms with E-state index in [0.29, 0.717) is 31.6 Å². The Kier molecular flexibility index (Phi) is 6.46. The standard InChI is InChI=1S/C16H26ClFN4O2S/c1-22-13(23)6-5-11(21-22)15(24)20-16-19-14(17)12(25-16)8-9-3-2-4-10(18)7-9/h9-12,14,16,19,21H,2-8H2,1H3,(H,20,24). The van der Waals surface area contributed by atoms with E-state index in [0.717, 1.165) is 19.3 Å². The number of hydrazine groups is 1. The van der Waals surface area contributed by atoms with Crippen LogP contribution in [0, 0.1) is 5.92 Å². The smallest absolute Gasteiger partial charge is 0.240 e. The lowest BCUT2D eigenvalue weighted by Crippen LogP contribution is -2.58. The van der Waals surface area contributed by atoms with Gasteiger partial charge in [0.15, 0.2) is 0 Å². The monoisotopic (exact) mass is 392 g/mol. The molecule has 0 aromatic heterocycles. The van der Waals surface area contributed by atoms with Gasteiger partial charge >= 0.3 is 0 Å². The molecule has 9 heteroatoms. The number of carbonyl (C=O) groups is 2. The lowest BCUT2D eigenvalue weighted by atomic mass is 9.85. The molecule has 2 saturated heterocycles. The van der Waals surface area contributed by atoms with E-state index in [9.17, 15) is 14.0 Å². The van der Waals surface area contributed by atoms with Crippen molar-refractivity contribution in [2.75, 3.05) is 7.05 Å². The average molecular weight is 393 g/mol. The molecule has 6 atom stereocenters. The third-order valence-electron chi connectivity index (χ3n) is 5.19. The zero-order valence-corrected chi connectivity index (χ0v) is 15.9. The highest BCUT2D eigenvalue weighted by Crippen LogP contribution is 2.37. The zero-order chi connectivity index (χ0) is 18.0. The fourth-order valence-corrected chi connectivity index (χ4v) is 5.62. The van der Waals surface area contributed by atoms with Crippen molar-refractivity contribution in [2.24, 2.45) is 5.92 Å². The van der Waals surface area contributed by atoms with Gasteiger partial charge in [-0.05, 0) is 31.6 Å². The minimum absolute atomic E-state index is 0.0167. The molecular formula is C16H26ClFN4O2S. The Balaban J connectivity index is 1.46. The molecule has 0 aromatic carbocycles. The molecular weight excluding hydrogens is 367 g/mol. The minimum atomic E-state index is -0.681. The number of nitrogens with zero attached hydrogens (tertiary/aromatic N) is 1. The van der Waals surface area contributed by atoms with E-state index in [-0.39, 0.29) is 28.1 Å². The molecule has 0 spiro atoms. The number of alkyl halides is 2. The van der Waals surface area contributed by atoms with Gasteiger partial charge in [0.2, 0.25) is 11.8 Å². The maximum absolute atomic E-state index is 13.6. The van der Waals surface area contributed by atoms with Crippen molar-refractivity contribution >= 4 is 35.2 Å². The maximum Gasteiger partial charge on any atom is 0.240 e. The summed E-state index contributed by atoms with van der Waals surface area (Å²) in [4.78, 5) is 23.9. The van der Waals surface area contributed by atoms with Gasteiger partial charge < -0.3 is 5.32 Å². The molecule has 2 aliphatic heterocycles. The van der Waals surface area contributed by atoms with Crippen molar-refractivity contribution in [2.45, 2.75) is 73.4 Å². The molecule has 25 heavy (non-hydrogen) atoms. The predicted octanol–water partition coefficient (Wildman–Crippen LogP) is 1.70. The van der Waals surface area contributed by atoms with Crippen molar-refractivity contribution in [3.8, 4) is 0 Å². The third kappa shape index (κ3) is 4.99. The van der Waals surface area contributed by atoms with Crippen molar-refractivity contribution < 1.29 is 14.0 Å². The lowest BCUT2D eigenvalue weighted by Gasteiger charge is -2.30. The van der Waals surface area contributed by atoms with Crippen LogP contribution in [-0.4, -0.2) is 52.3 Å². The molecule has 3 fully saturated rings. The first-order valence-corrected chi connectivity index (χ1v) is 10.3. The highest BCUT2D eigenvalue weighted by molar-refractivity contribution is 8.00. The predicted molar refractivity (Wildman–Crippen MR) is 96.5 cm³/mol. The van der Waals surface area contributed by atoms with E-state index < -0.39 is 12.2 Å². The molecule has 1 saturated carbocycles. The molecule has 0 aromatic rings. The van der Waals surface area contributed by atoms with Crippen LogP contribution in [0.2, 0.25) is 0 Å².